The van der Waals surface area contributed by atoms with Crippen LogP contribution in [0.1, 0.15) is 42.5 Å². The molecular weight excluding hydrogens is 294 g/mol. The second-order valence-corrected chi connectivity index (χ2v) is 6.85. The van der Waals surface area contributed by atoms with Gasteiger partial charge < -0.3 is 10.3 Å². The smallest absolute Gasteiger partial charge is 0.0498 e. The lowest BCUT2D eigenvalue weighted by atomic mass is 9.89. The number of piperidine rings is 1. The summed E-state index contributed by atoms with van der Waals surface area (Å²) in [6.45, 7) is 6.57. The third-order valence-electron chi connectivity index (χ3n) is 5.28. The minimum Gasteiger partial charge on any atom is -0.354 e. The van der Waals surface area contributed by atoms with Gasteiger partial charge in [0.05, 0.1) is 0 Å². The number of aromatic amines is 1. The maximum Gasteiger partial charge on any atom is 0.0498 e. The van der Waals surface area contributed by atoms with Gasteiger partial charge in [0.2, 0.25) is 0 Å². The van der Waals surface area contributed by atoms with Crippen molar-refractivity contribution in [3.63, 3.8) is 0 Å². The molecule has 1 fully saturated rings. The van der Waals surface area contributed by atoms with Crippen molar-refractivity contribution in [1.82, 2.24) is 15.3 Å². The number of rotatable bonds is 3. The number of nitrogens with zero attached hydrogens (tertiary/aromatic N) is 1. The van der Waals surface area contributed by atoms with Gasteiger partial charge in [-0.2, -0.15) is 0 Å². The molecule has 2 N–H and O–H groups in total. The van der Waals surface area contributed by atoms with Crippen LogP contribution in [0.25, 0.3) is 22.2 Å². The molecule has 3 heteroatoms. The van der Waals surface area contributed by atoms with E-state index < -0.39 is 0 Å². The van der Waals surface area contributed by atoms with Crippen molar-refractivity contribution in [1.29, 1.82) is 0 Å². The number of benzene rings is 1. The van der Waals surface area contributed by atoms with Crippen molar-refractivity contribution in [2.24, 2.45) is 0 Å². The van der Waals surface area contributed by atoms with Gasteiger partial charge in [0.1, 0.15) is 0 Å². The maximum absolute atomic E-state index is 4.33. The second-order valence-electron chi connectivity index (χ2n) is 6.85. The molecule has 0 spiro atoms. The monoisotopic (exact) mass is 319 g/mol. The van der Waals surface area contributed by atoms with E-state index in [9.17, 15) is 0 Å². The first-order valence-corrected chi connectivity index (χ1v) is 9.04. The Morgan fingerprint density at radius 1 is 1.12 bits per heavy atom. The summed E-state index contributed by atoms with van der Waals surface area (Å²) in [5, 5.41) is 4.85. The van der Waals surface area contributed by atoms with E-state index >= 15 is 0 Å². The Bertz CT molecular complexity index is 857. The second kappa shape index (κ2) is 6.40. The van der Waals surface area contributed by atoms with E-state index in [1.807, 2.05) is 13.1 Å². The molecule has 0 aliphatic carbocycles. The maximum atomic E-state index is 4.33. The zero-order valence-corrected chi connectivity index (χ0v) is 14.5. The van der Waals surface area contributed by atoms with Crippen LogP contribution in [0.3, 0.4) is 0 Å². The van der Waals surface area contributed by atoms with Gasteiger partial charge >= 0.3 is 0 Å². The Morgan fingerprint density at radius 3 is 2.71 bits per heavy atom. The van der Waals surface area contributed by atoms with Crippen molar-refractivity contribution < 1.29 is 0 Å². The van der Waals surface area contributed by atoms with E-state index in [2.05, 4.69) is 52.5 Å². The van der Waals surface area contributed by atoms with Gasteiger partial charge in [-0.05, 0) is 80.6 Å². The predicted molar refractivity (Wildman–Crippen MR) is 100 cm³/mol. The first-order valence-electron chi connectivity index (χ1n) is 9.04. The summed E-state index contributed by atoms with van der Waals surface area (Å²) >= 11 is 0. The van der Waals surface area contributed by atoms with Crippen molar-refractivity contribution >= 4 is 10.9 Å². The number of aryl methyl sites for hydroxylation is 2. The minimum absolute atomic E-state index is 0.696. The Kier molecular flexibility index (Phi) is 4.11. The molecule has 0 bridgehead atoms. The van der Waals surface area contributed by atoms with Gasteiger partial charge in [-0.1, -0.05) is 13.0 Å². The number of aromatic nitrogens is 2. The van der Waals surface area contributed by atoms with Gasteiger partial charge in [-0.3, -0.25) is 4.98 Å². The Morgan fingerprint density at radius 2 is 1.96 bits per heavy atom. The van der Waals surface area contributed by atoms with Crippen LogP contribution in [0.15, 0.2) is 36.5 Å². The van der Waals surface area contributed by atoms with Gasteiger partial charge in [0, 0.05) is 34.1 Å². The van der Waals surface area contributed by atoms with Crippen molar-refractivity contribution in [2.45, 2.75) is 39.0 Å². The topological polar surface area (TPSA) is 40.7 Å². The molecule has 124 valence electrons. The van der Waals surface area contributed by atoms with Crippen LogP contribution in [0.5, 0.6) is 0 Å². The van der Waals surface area contributed by atoms with Crippen LogP contribution in [-0.2, 0) is 6.42 Å². The molecule has 1 aliphatic heterocycles. The number of H-pyrrole nitrogens is 1. The summed E-state index contributed by atoms with van der Waals surface area (Å²) in [6, 6.07) is 11.3. The number of hydrogen-bond acceptors (Lipinski definition) is 2. The third kappa shape index (κ3) is 2.73. The van der Waals surface area contributed by atoms with Gasteiger partial charge in [0.25, 0.3) is 0 Å². The van der Waals surface area contributed by atoms with Gasteiger partial charge in [-0.15, -0.1) is 0 Å². The van der Waals surface area contributed by atoms with Crippen molar-refractivity contribution in [3.05, 3.63) is 53.3 Å². The summed E-state index contributed by atoms with van der Waals surface area (Å²) in [7, 11) is 0. The fourth-order valence-corrected chi connectivity index (χ4v) is 3.99. The average molecular weight is 319 g/mol. The van der Waals surface area contributed by atoms with Crippen LogP contribution in [-0.4, -0.2) is 23.1 Å². The SMILES string of the molecule is CCc1c(-c2ccnc(C)c2)[nH]c2ccc(C3CCNCC3)cc12. The Balaban J connectivity index is 1.82. The largest absolute Gasteiger partial charge is 0.354 e. The lowest BCUT2D eigenvalue weighted by molar-refractivity contribution is 0.460. The van der Waals surface area contributed by atoms with Crippen LogP contribution >= 0.6 is 0 Å². The molecule has 1 aliphatic rings. The summed E-state index contributed by atoms with van der Waals surface area (Å²) in [5.74, 6) is 0.696. The van der Waals surface area contributed by atoms with E-state index in [4.69, 9.17) is 0 Å². The molecule has 0 unspecified atom stereocenters. The number of pyridine rings is 1. The molecule has 2 aromatic heterocycles. The standard InChI is InChI=1S/C21H25N3/c1-3-18-19-13-16(15-6-9-22-10-7-15)4-5-20(19)24-21(18)17-8-11-23-14(2)12-17/h4-5,8,11-13,15,22,24H,3,6-7,9-10H2,1-2H3. The van der Waals surface area contributed by atoms with Crippen LogP contribution in [0.2, 0.25) is 0 Å². The molecule has 1 aromatic carbocycles. The van der Waals surface area contributed by atoms with Gasteiger partial charge in [-0.25, -0.2) is 0 Å². The highest BCUT2D eigenvalue weighted by molar-refractivity contribution is 5.91. The molecule has 1 saturated heterocycles. The lowest BCUT2D eigenvalue weighted by Crippen LogP contribution is -2.26. The molecule has 3 aromatic rings. The first-order chi connectivity index (χ1) is 11.8. The normalized spacial score (nSPS) is 15.9. The molecular formula is C21H25N3. The fraction of sp³-hybridized carbons (Fsp3) is 0.381. The molecule has 0 radical (unpaired) electrons. The van der Waals surface area contributed by atoms with E-state index in [0.29, 0.717) is 5.92 Å². The molecule has 0 saturated carbocycles. The zero-order valence-electron chi connectivity index (χ0n) is 14.5. The highest BCUT2D eigenvalue weighted by Crippen LogP contribution is 2.34. The fourth-order valence-electron chi connectivity index (χ4n) is 3.99. The molecule has 24 heavy (non-hydrogen) atoms. The quantitative estimate of drug-likeness (QED) is 0.742. The Labute approximate surface area is 143 Å². The average Bonchev–Trinajstić information content (AvgIpc) is 3.00. The zero-order chi connectivity index (χ0) is 16.5. The van der Waals surface area contributed by atoms with Crippen molar-refractivity contribution in [3.8, 4) is 11.3 Å². The van der Waals surface area contributed by atoms with E-state index in [-0.39, 0.29) is 0 Å². The van der Waals surface area contributed by atoms with Crippen LogP contribution < -0.4 is 5.32 Å². The highest BCUT2D eigenvalue weighted by Gasteiger charge is 2.18. The van der Waals surface area contributed by atoms with Crippen molar-refractivity contribution in [2.75, 3.05) is 13.1 Å². The van der Waals surface area contributed by atoms with Gasteiger partial charge in [0.15, 0.2) is 0 Å². The number of hydrogen-bond donors (Lipinski definition) is 2. The predicted octanol–water partition coefficient (Wildman–Crippen LogP) is 4.57. The Hall–Kier alpha value is -2.13. The summed E-state index contributed by atoms with van der Waals surface area (Å²) in [5.41, 5.74) is 7.71. The molecule has 3 nitrogen and oxygen atoms in total. The highest BCUT2D eigenvalue weighted by atomic mass is 14.9. The molecule has 4 rings (SSSR count). The van der Waals surface area contributed by atoms with E-state index in [1.165, 1.54) is 46.1 Å². The lowest BCUT2D eigenvalue weighted by Gasteiger charge is -2.23. The third-order valence-corrected chi connectivity index (χ3v) is 5.28. The van der Waals surface area contributed by atoms with Crippen LogP contribution in [0.4, 0.5) is 0 Å². The van der Waals surface area contributed by atoms with Crippen LogP contribution in [0, 0.1) is 6.92 Å². The summed E-state index contributed by atoms with van der Waals surface area (Å²) in [4.78, 5) is 7.98. The number of fused-ring (bicyclic) bond motifs is 1. The molecule has 0 amide bonds. The molecule has 0 atom stereocenters. The minimum atomic E-state index is 0.696. The van der Waals surface area contributed by atoms with E-state index in [0.717, 1.165) is 25.2 Å². The summed E-state index contributed by atoms with van der Waals surface area (Å²) in [6.07, 6.45) is 5.42. The van der Waals surface area contributed by atoms with E-state index in [1.54, 1.807) is 0 Å². The first kappa shape index (κ1) is 15.4. The molecule has 3 heterocycles. The number of nitrogens with one attached hydrogen (secondary N) is 2. The summed E-state index contributed by atoms with van der Waals surface area (Å²) < 4.78 is 0.